The van der Waals surface area contributed by atoms with Crippen LogP contribution in [0, 0.1) is 34.5 Å². The van der Waals surface area contributed by atoms with E-state index in [1.54, 1.807) is 0 Å². The average molecular weight is 389 g/mol. The molecule has 0 radical (unpaired) electrons. The van der Waals surface area contributed by atoms with E-state index >= 15 is 0 Å². The van der Waals surface area contributed by atoms with Gasteiger partial charge in [-0.05, 0) is 68.6 Å². The van der Waals surface area contributed by atoms with Crippen molar-refractivity contribution in [2.75, 3.05) is 0 Å². The fourth-order valence-electron chi connectivity index (χ4n) is 8.32. The van der Waals surface area contributed by atoms with Crippen molar-refractivity contribution in [2.45, 2.75) is 83.3 Å². The van der Waals surface area contributed by atoms with E-state index in [0.29, 0.717) is 24.7 Å². The molecule has 28 heavy (non-hydrogen) atoms. The Morgan fingerprint density at radius 3 is 2.75 bits per heavy atom. The van der Waals surface area contributed by atoms with Gasteiger partial charge < -0.3 is 14.9 Å². The summed E-state index contributed by atoms with van der Waals surface area (Å²) in [5.74, 6) is -1.03. The summed E-state index contributed by atoms with van der Waals surface area (Å²) in [6, 6.07) is 0. The van der Waals surface area contributed by atoms with Crippen molar-refractivity contribution in [3.05, 3.63) is 11.6 Å². The van der Waals surface area contributed by atoms with Gasteiger partial charge in [-0.15, -0.1) is 0 Å². The molecular formula is C23H32O5. The second kappa shape index (κ2) is 5.84. The first-order valence-electron chi connectivity index (χ1n) is 11.1. The molecule has 5 nitrogen and oxygen atoms in total. The van der Waals surface area contributed by atoms with E-state index in [2.05, 4.69) is 19.9 Å². The number of epoxide rings is 1. The zero-order valence-corrected chi connectivity index (χ0v) is 16.9. The first kappa shape index (κ1) is 18.7. The molecule has 0 amide bonds. The van der Waals surface area contributed by atoms with Gasteiger partial charge in [-0.1, -0.05) is 25.5 Å². The van der Waals surface area contributed by atoms with Crippen LogP contribution >= 0.6 is 0 Å². The average Bonchev–Trinajstić information content (AvgIpc) is 3.25. The Balaban J connectivity index is 1.55. The SMILES string of the molecule is C[C@]12CC3OC34[C@@H](C(C(=O)O)CC3=CCCC[C@@]34C)[C@@H]1CC[C@@H]2CCC(=O)O. The smallest absolute Gasteiger partial charge is 0.307 e. The van der Waals surface area contributed by atoms with E-state index in [-0.39, 0.29) is 40.8 Å². The Hall–Kier alpha value is -1.36. The van der Waals surface area contributed by atoms with Crippen LogP contribution in [0.25, 0.3) is 0 Å². The first-order chi connectivity index (χ1) is 13.2. The van der Waals surface area contributed by atoms with Gasteiger partial charge in [0.2, 0.25) is 0 Å². The maximum atomic E-state index is 12.4. The molecule has 2 N–H and O–H groups in total. The van der Waals surface area contributed by atoms with Gasteiger partial charge in [0, 0.05) is 17.8 Å². The summed E-state index contributed by atoms with van der Waals surface area (Å²) in [4.78, 5) is 23.5. The molecule has 1 aliphatic heterocycles. The number of ether oxygens (including phenoxy) is 1. The number of hydrogen-bond acceptors (Lipinski definition) is 3. The molecule has 0 aromatic carbocycles. The second-order valence-electron chi connectivity index (χ2n) is 10.6. The topological polar surface area (TPSA) is 87.1 Å². The predicted octanol–water partition coefficient (Wildman–Crippen LogP) is 4.26. The molecule has 5 rings (SSSR count). The van der Waals surface area contributed by atoms with Gasteiger partial charge in [-0.25, -0.2) is 0 Å². The zero-order chi connectivity index (χ0) is 19.9. The largest absolute Gasteiger partial charge is 0.481 e. The van der Waals surface area contributed by atoms with Crippen LogP contribution in [-0.4, -0.2) is 33.9 Å². The van der Waals surface area contributed by atoms with Crippen LogP contribution in [0.3, 0.4) is 0 Å². The molecule has 1 spiro atoms. The lowest BCUT2D eigenvalue weighted by Gasteiger charge is -2.57. The van der Waals surface area contributed by atoms with Crippen molar-refractivity contribution < 1.29 is 24.5 Å². The molecule has 1 heterocycles. The molecule has 0 aromatic heterocycles. The highest BCUT2D eigenvalue weighted by atomic mass is 16.6. The zero-order valence-electron chi connectivity index (χ0n) is 16.9. The van der Waals surface area contributed by atoms with E-state index in [1.807, 2.05) is 0 Å². The fraction of sp³-hybridized carbons (Fsp3) is 0.826. The molecule has 5 aliphatic rings. The van der Waals surface area contributed by atoms with Crippen molar-refractivity contribution in [3.8, 4) is 0 Å². The molecule has 154 valence electrons. The molecule has 1 saturated heterocycles. The molecule has 0 aromatic rings. The van der Waals surface area contributed by atoms with Crippen LogP contribution in [0.2, 0.25) is 0 Å². The quantitative estimate of drug-likeness (QED) is 0.555. The van der Waals surface area contributed by atoms with E-state index in [1.165, 1.54) is 5.57 Å². The van der Waals surface area contributed by atoms with Gasteiger partial charge in [0.1, 0.15) is 5.60 Å². The van der Waals surface area contributed by atoms with Crippen molar-refractivity contribution in [1.82, 2.24) is 0 Å². The molecule has 3 saturated carbocycles. The molecule has 3 unspecified atom stereocenters. The monoisotopic (exact) mass is 388 g/mol. The van der Waals surface area contributed by atoms with Crippen LogP contribution in [0.4, 0.5) is 0 Å². The fourth-order valence-corrected chi connectivity index (χ4v) is 8.32. The number of fused-ring (bicyclic) bond motifs is 3. The second-order valence-corrected chi connectivity index (χ2v) is 10.6. The number of carbonyl (C=O) groups is 2. The summed E-state index contributed by atoms with van der Waals surface area (Å²) in [6.45, 7) is 4.64. The summed E-state index contributed by atoms with van der Waals surface area (Å²) in [5.41, 5.74) is 1.01. The minimum absolute atomic E-state index is 0.00469. The number of carboxylic acids is 2. The number of aliphatic carboxylic acids is 2. The highest BCUT2D eigenvalue weighted by molar-refractivity contribution is 5.72. The van der Waals surface area contributed by atoms with E-state index in [9.17, 15) is 14.7 Å². The lowest BCUT2D eigenvalue weighted by molar-refractivity contribution is -0.153. The molecular weight excluding hydrogens is 356 g/mol. The summed E-state index contributed by atoms with van der Waals surface area (Å²) in [6.07, 6.45) is 10.3. The summed E-state index contributed by atoms with van der Waals surface area (Å²) >= 11 is 0. The maximum Gasteiger partial charge on any atom is 0.307 e. The Labute approximate surface area is 166 Å². The Morgan fingerprint density at radius 1 is 1.25 bits per heavy atom. The summed E-state index contributed by atoms with van der Waals surface area (Å²) in [5, 5.41) is 19.3. The summed E-state index contributed by atoms with van der Waals surface area (Å²) < 4.78 is 6.58. The standard InChI is InChI=1S/C23H32O5/c1-21-12-17-23(28-17)19(16(21)8-6-13(21)7-9-18(24)25)15(20(26)27)11-14-5-3-4-10-22(14,23)2/h5,13,15-17,19H,3-4,6-12H2,1-2H3,(H,24,25)(H,26,27)/t13-,15?,16+,17?,19+,21-,22+,23?/m1/s1. The van der Waals surface area contributed by atoms with Crippen molar-refractivity contribution in [3.63, 3.8) is 0 Å². The number of rotatable bonds is 4. The van der Waals surface area contributed by atoms with Gasteiger partial charge in [-0.3, -0.25) is 9.59 Å². The Kier molecular flexibility index (Phi) is 3.89. The van der Waals surface area contributed by atoms with E-state index in [0.717, 1.165) is 38.5 Å². The minimum Gasteiger partial charge on any atom is -0.481 e. The van der Waals surface area contributed by atoms with Crippen molar-refractivity contribution >= 4 is 11.9 Å². The number of allylic oxidation sites excluding steroid dienone is 1. The first-order valence-corrected chi connectivity index (χ1v) is 11.1. The summed E-state index contributed by atoms with van der Waals surface area (Å²) in [7, 11) is 0. The highest BCUT2D eigenvalue weighted by Crippen LogP contribution is 2.77. The number of carboxylic acid groups (broad SMARTS) is 2. The van der Waals surface area contributed by atoms with E-state index < -0.39 is 11.9 Å². The van der Waals surface area contributed by atoms with Gasteiger partial charge in [0.25, 0.3) is 0 Å². The van der Waals surface area contributed by atoms with Gasteiger partial charge in [0.15, 0.2) is 0 Å². The van der Waals surface area contributed by atoms with Crippen LogP contribution in [0.5, 0.6) is 0 Å². The normalized spacial score (nSPS) is 51.2. The number of hydrogen-bond donors (Lipinski definition) is 2. The maximum absolute atomic E-state index is 12.4. The van der Waals surface area contributed by atoms with Crippen molar-refractivity contribution in [1.29, 1.82) is 0 Å². The molecule has 4 fully saturated rings. The van der Waals surface area contributed by atoms with Crippen LogP contribution in [0.1, 0.15) is 71.6 Å². The third-order valence-corrected chi connectivity index (χ3v) is 9.66. The Bertz CT molecular complexity index is 758. The third kappa shape index (κ3) is 2.17. The minimum atomic E-state index is -0.731. The predicted molar refractivity (Wildman–Crippen MR) is 103 cm³/mol. The van der Waals surface area contributed by atoms with Gasteiger partial charge in [-0.2, -0.15) is 0 Å². The lowest BCUT2D eigenvalue weighted by Crippen LogP contribution is -2.61. The Morgan fingerprint density at radius 2 is 2.04 bits per heavy atom. The molecule has 0 bridgehead atoms. The third-order valence-electron chi connectivity index (χ3n) is 9.66. The highest BCUT2D eigenvalue weighted by Gasteiger charge is 2.80. The van der Waals surface area contributed by atoms with Gasteiger partial charge in [0.05, 0.1) is 12.0 Å². The van der Waals surface area contributed by atoms with Crippen molar-refractivity contribution in [2.24, 2.45) is 34.5 Å². The molecule has 5 heteroatoms. The van der Waals surface area contributed by atoms with Crippen LogP contribution in [0.15, 0.2) is 11.6 Å². The van der Waals surface area contributed by atoms with Gasteiger partial charge >= 0.3 is 11.9 Å². The van der Waals surface area contributed by atoms with E-state index in [4.69, 9.17) is 9.84 Å². The lowest BCUT2D eigenvalue weighted by atomic mass is 9.44. The van der Waals surface area contributed by atoms with Crippen LogP contribution < -0.4 is 0 Å². The van der Waals surface area contributed by atoms with Crippen LogP contribution in [-0.2, 0) is 14.3 Å². The molecule has 4 aliphatic carbocycles. The molecule has 8 atom stereocenters.